The molecular weight excluding hydrogens is 533 g/mol. The predicted molar refractivity (Wildman–Crippen MR) is 139 cm³/mol. The standard InChI is InChI=1S/C27H19ClFN3O7/c1-38-26(36)15-6-9-18(10-7-15)32-25(35)19(24(34)31-27(32)37)13-16-12-17(28)8-11-22(16)39-14-23(33)30-21-5-3-2-4-20(21)29/h2-13H,14H2,1H3,(H,30,33)(H,31,34,37)/b19-13-. The van der Waals surface area contributed by atoms with Gasteiger partial charge < -0.3 is 14.8 Å². The van der Waals surface area contributed by atoms with Crippen molar-refractivity contribution in [3.05, 3.63) is 94.3 Å². The van der Waals surface area contributed by atoms with Crippen LogP contribution in [0.1, 0.15) is 15.9 Å². The fraction of sp³-hybridized carbons (Fsp3) is 0.0741. The molecule has 1 fully saturated rings. The number of methoxy groups -OCH3 is 1. The van der Waals surface area contributed by atoms with Crippen LogP contribution in [0.2, 0.25) is 5.02 Å². The van der Waals surface area contributed by atoms with Crippen molar-refractivity contribution in [1.29, 1.82) is 0 Å². The summed E-state index contributed by atoms with van der Waals surface area (Å²) in [5.41, 5.74) is -0.00310. The highest BCUT2D eigenvalue weighted by atomic mass is 35.5. The van der Waals surface area contributed by atoms with E-state index < -0.39 is 47.7 Å². The van der Waals surface area contributed by atoms with Crippen LogP contribution >= 0.6 is 11.6 Å². The fourth-order valence-electron chi connectivity index (χ4n) is 3.57. The Morgan fingerprint density at radius 3 is 2.46 bits per heavy atom. The molecule has 0 unspecified atom stereocenters. The number of hydrogen-bond donors (Lipinski definition) is 2. The second-order valence-electron chi connectivity index (χ2n) is 8.00. The number of halogens is 2. The number of para-hydroxylation sites is 1. The van der Waals surface area contributed by atoms with Gasteiger partial charge in [0.15, 0.2) is 6.61 Å². The molecule has 0 aliphatic carbocycles. The first-order valence-electron chi connectivity index (χ1n) is 11.2. The summed E-state index contributed by atoms with van der Waals surface area (Å²) < 4.78 is 24.0. The quantitative estimate of drug-likeness (QED) is 0.258. The summed E-state index contributed by atoms with van der Waals surface area (Å²) in [5, 5.41) is 4.70. The zero-order valence-corrected chi connectivity index (χ0v) is 21.0. The Morgan fingerprint density at radius 2 is 1.77 bits per heavy atom. The molecule has 12 heteroatoms. The average molecular weight is 552 g/mol. The van der Waals surface area contributed by atoms with Gasteiger partial charge in [0.1, 0.15) is 17.1 Å². The molecule has 1 saturated heterocycles. The number of anilines is 2. The summed E-state index contributed by atoms with van der Waals surface area (Å²) in [6.45, 7) is -0.524. The minimum Gasteiger partial charge on any atom is -0.483 e. The van der Waals surface area contributed by atoms with Crippen LogP contribution in [0.3, 0.4) is 0 Å². The Kier molecular flexibility index (Phi) is 8.01. The number of urea groups is 1. The van der Waals surface area contributed by atoms with Crippen LogP contribution in [0.4, 0.5) is 20.6 Å². The van der Waals surface area contributed by atoms with Crippen molar-refractivity contribution in [2.24, 2.45) is 0 Å². The number of benzene rings is 3. The van der Waals surface area contributed by atoms with Gasteiger partial charge in [0.2, 0.25) is 0 Å². The Hall–Kier alpha value is -5.03. The minimum absolute atomic E-state index is 0.0293. The molecule has 3 aromatic carbocycles. The van der Waals surface area contributed by atoms with E-state index in [1.807, 2.05) is 0 Å². The summed E-state index contributed by atoms with van der Waals surface area (Å²) in [6, 6.07) is 14.3. The van der Waals surface area contributed by atoms with Crippen molar-refractivity contribution in [1.82, 2.24) is 5.32 Å². The third-order valence-corrected chi connectivity index (χ3v) is 5.66. The lowest BCUT2D eigenvalue weighted by atomic mass is 10.1. The number of hydrogen-bond acceptors (Lipinski definition) is 7. The predicted octanol–water partition coefficient (Wildman–Crippen LogP) is 3.95. The van der Waals surface area contributed by atoms with Crippen molar-refractivity contribution >= 4 is 58.8 Å². The molecule has 0 aromatic heterocycles. The Morgan fingerprint density at radius 1 is 1.05 bits per heavy atom. The summed E-state index contributed by atoms with van der Waals surface area (Å²) in [7, 11) is 1.21. The molecular formula is C27H19ClFN3O7. The van der Waals surface area contributed by atoms with Crippen LogP contribution in [-0.2, 0) is 19.1 Å². The molecule has 0 bridgehead atoms. The van der Waals surface area contributed by atoms with Crippen molar-refractivity contribution < 1.29 is 37.8 Å². The van der Waals surface area contributed by atoms with Gasteiger partial charge in [-0.2, -0.15) is 0 Å². The van der Waals surface area contributed by atoms with Crippen molar-refractivity contribution in [3.63, 3.8) is 0 Å². The van der Waals surface area contributed by atoms with E-state index in [1.165, 1.54) is 67.8 Å². The second-order valence-corrected chi connectivity index (χ2v) is 8.43. The van der Waals surface area contributed by atoms with Crippen LogP contribution in [0.25, 0.3) is 6.08 Å². The molecule has 1 heterocycles. The lowest BCUT2D eigenvalue weighted by Gasteiger charge is -2.26. The first kappa shape index (κ1) is 27.0. The van der Waals surface area contributed by atoms with Gasteiger partial charge in [-0.05, 0) is 60.7 Å². The number of amides is 5. The number of rotatable bonds is 7. The van der Waals surface area contributed by atoms with E-state index in [2.05, 4.69) is 15.4 Å². The molecule has 3 aromatic rings. The van der Waals surface area contributed by atoms with E-state index in [0.717, 1.165) is 11.0 Å². The number of nitrogens with zero attached hydrogens (tertiary/aromatic N) is 1. The maximum absolute atomic E-state index is 13.8. The molecule has 0 radical (unpaired) electrons. The van der Waals surface area contributed by atoms with Gasteiger partial charge in [-0.15, -0.1) is 0 Å². The summed E-state index contributed by atoms with van der Waals surface area (Å²) in [6.07, 6.45) is 1.16. The number of ether oxygens (including phenoxy) is 2. The number of nitrogens with one attached hydrogen (secondary N) is 2. The zero-order valence-electron chi connectivity index (χ0n) is 20.2. The smallest absolute Gasteiger partial charge is 0.337 e. The van der Waals surface area contributed by atoms with Crippen LogP contribution < -0.4 is 20.3 Å². The Labute approximate surface area is 225 Å². The van der Waals surface area contributed by atoms with Gasteiger partial charge in [0, 0.05) is 10.6 Å². The highest BCUT2D eigenvalue weighted by Crippen LogP contribution is 2.28. The zero-order chi connectivity index (χ0) is 28.1. The van der Waals surface area contributed by atoms with Crippen molar-refractivity contribution in [2.45, 2.75) is 0 Å². The van der Waals surface area contributed by atoms with E-state index >= 15 is 0 Å². The Bertz CT molecular complexity index is 1520. The Balaban J connectivity index is 1.58. The second kappa shape index (κ2) is 11.6. The molecule has 2 N–H and O–H groups in total. The molecule has 39 heavy (non-hydrogen) atoms. The molecule has 198 valence electrons. The summed E-state index contributed by atoms with van der Waals surface area (Å²) >= 11 is 6.10. The largest absolute Gasteiger partial charge is 0.483 e. The highest BCUT2D eigenvalue weighted by Gasteiger charge is 2.37. The minimum atomic E-state index is -0.986. The molecule has 10 nitrogen and oxygen atoms in total. The third kappa shape index (κ3) is 6.11. The molecule has 0 spiro atoms. The fourth-order valence-corrected chi connectivity index (χ4v) is 3.75. The lowest BCUT2D eigenvalue weighted by Crippen LogP contribution is -2.54. The van der Waals surface area contributed by atoms with Gasteiger partial charge in [-0.3, -0.25) is 19.7 Å². The number of barbiturate groups is 1. The van der Waals surface area contributed by atoms with Crippen LogP contribution in [-0.4, -0.2) is 43.4 Å². The van der Waals surface area contributed by atoms with E-state index in [9.17, 15) is 28.4 Å². The van der Waals surface area contributed by atoms with Crippen LogP contribution in [0.5, 0.6) is 5.75 Å². The first-order valence-corrected chi connectivity index (χ1v) is 11.6. The van der Waals surface area contributed by atoms with Gasteiger partial charge in [0.05, 0.1) is 24.0 Å². The maximum Gasteiger partial charge on any atom is 0.337 e. The summed E-state index contributed by atoms with van der Waals surface area (Å²) in [4.78, 5) is 63.0. The van der Waals surface area contributed by atoms with E-state index in [1.54, 1.807) is 6.07 Å². The van der Waals surface area contributed by atoms with E-state index in [-0.39, 0.29) is 33.3 Å². The first-order chi connectivity index (χ1) is 18.7. The number of carbonyl (C=O) groups excluding carboxylic acids is 5. The molecule has 4 rings (SSSR count). The average Bonchev–Trinajstić information content (AvgIpc) is 2.91. The van der Waals surface area contributed by atoms with Gasteiger partial charge in [0.25, 0.3) is 17.7 Å². The van der Waals surface area contributed by atoms with Gasteiger partial charge in [-0.25, -0.2) is 18.9 Å². The summed E-state index contributed by atoms with van der Waals surface area (Å²) in [5.74, 6) is -3.71. The van der Waals surface area contributed by atoms with Crippen molar-refractivity contribution in [2.75, 3.05) is 23.9 Å². The van der Waals surface area contributed by atoms with E-state index in [0.29, 0.717) is 0 Å². The van der Waals surface area contributed by atoms with Crippen LogP contribution in [0, 0.1) is 5.82 Å². The third-order valence-electron chi connectivity index (χ3n) is 5.43. The number of imide groups is 2. The van der Waals surface area contributed by atoms with Crippen molar-refractivity contribution in [3.8, 4) is 5.75 Å². The van der Waals surface area contributed by atoms with E-state index in [4.69, 9.17) is 16.3 Å². The molecule has 5 amide bonds. The molecule has 1 aliphatic rings. The van der Waals surface area contributed by atoms with Gasteiger partial charge in [-0.1, -0.05) is 23.7 Å². The highest BCUT2D eigenvalue weighted by molar-refractivity contribution is 6.39. The monoisotopic (exact) mass is 551 g/mol. The SMILES string of the molecule is COC(=O)c1ccc(N2C(=O)NC(=O)/C(=C/c3cc(Cl)ccc3OCC(=O)Nc3ccccc3F)C2=O)cc1. The molecule has 0 saturated carbocycles. The topological polar surface area (TPSA) is 131 Å². The number of esters is 1. The van der Waals surface area contributed by atoms with Crippen LogP contribution in [0.15, 0.2) is 72.3 Å². The number of carbonyl (C=O) groups is 5. The molecule has 1 aliphatic heterocycles. The molecule has 0 atom stereocenters. The lowest BCUT2D eigenvalue weighted by molar-refractivity contribution is -0.122. The maximum atomic E-state index is 13.8. The van der Waals surface area contributed by atoms with Gasteiger partial charge >= 0.3 is 12.0 Å². The normalized spacial score (nSPS) is 14.2.